The van der Waals surface area contributed by atoms with E-state index in [2.05, 4.69) is 15.3 Å². The Labute approximate surface area is 219 Å². The minimum absolute atomic E-state index is 0.00196. The zero-order valence-corrected chi connectivity index (χ0v) is 21.2. The largest absolute Gasteiger partial charge is 0.392 e. The molecule has 2 aromatic heterocycles. The Balaban J connectivity index is 1.35. The second-order valence-electron chi connectivity index (χ2n) is 8.80. The van der Waals surface area contributed by atoms with Gasteiger partial charge in [0.25, 0.3) is 5.91 Å². The van der Waals surface area contributed by atoms with Crippen LogP contribution in [0.3, 0.4) is 0 Å². The van der Waals surface area contributed by atoms with Gasteiger partial charge in [-0.15, -0.1) is 0 Å². The number of aliphatic hydroxyl groups excluding tert-OH is 1. The number of aliphatic hydroxyl groups is 1. The second-order valence-corrected chi connectivity index (χ2v) is 9.79. The number of benzene rings is 2. The Bertz CT molecular complexity index is 1330. The summed E-state index contributed by atoms with van der Waals surface area (Å²) in [5.74, 6) is 0.481. The summed E-state index contributed by atoms with van der Waals surface area (Å²) in [5, 5.41) is 13.3. The Morgan fingerprint density at radius 3 is 2.70 bits per heavy atom. The molecule has 1 saturated heterocycles. The molecule has 190 valence electrons. The van der Waals surface area contributed by atoms with Crippen molar-refractivity contribution >= 4 is 23.4 Å². The van der Waals surface area contributed by atoms with Crippen molar-refractivity contribution in [3.05, 3.63) is 108 Å². The van der Waals surface area contributed by atoms with E-state index in [4.69, 9.17) is 9.47 Å². The fraction of sp³-hybridized carbons (Fsp3) is 0.250. The molecule has 37 heavy (non-hydrogen) atoms. The van der Waals surface area contributed by atoms with Gasteiger partial charge in [0.15, 0.2) is 11.4 Å². The van der Waals surface area contributed by atoms with Crippen LogP contribution < -0.4 is 5.32 Å². The summed E-state index contributed by atoms with van der Waals surface area (Å²) in [6.07, 6.45) is 6.67. The SMILES string of the molecule is Cn1ccnc1SC[C@@H]1C[C@H](c2ccc(CO)cc2)O[C@H](c2cccc(NC(=O)c3cccnc3)c2)O1. The number of hydrogen-bond donors (Lipinski definition) is 2. The highest BCUT2D eigenvalue weighted by molar-refractivity contribution is 7.99. The van der Waals surface area contributed by atoms with Crippen molar-refractivity contribution in [1.29, 1.82) is 0 Å². The van der Waals surface area contributed by atoms with Crippen molar-refractivity contribution in [1.82, 2.24) is 14.5 Å². The van der Waals surface area contributed by atoms with Crippen molar-refractivity contribution in [2.45, 2.75) is 36.7 Å². The molecule has 8 nitrogen and oxygen atoms in total. The molecular formula is C28H28N4O4S. The van der Waals surface area contributed by atoms with Gasteiger partial charge in [-0.3, -0.25) is 9.78 Å². The molecule has 4 aromatic rings. The van der Waals surface area contributed by atoms with Gasteiger partial charge in [-0.05, 0) is 35.4 Å². The Hall–Kier alpha value is -3.50. The smallest absolute Gasteiger partial charge is 0.257 e. The third-order valence-corrected chi connectivity index (χ3v) is 7.32. The molecular weight excluding hydrogens is 488 g/mol. The molecule has 0 spiro atoms. The number of nitrogens with zero attached hydrogens (tertiary/aromatic N) is 3. The number of carbonyl (C=O) groups excluding carboxylic acids is 1. The molecule has 5 rings (SSSR count). The number of carbonyl (C=O) groups is 1. The summed E-state index contributed by atoms with van der Waals surface area (Å²) in [5.41, 5.74) is 3.82. The first-order chi connectivity index (χ1) is 18.1. The molecule has 1 aliphatic rings. The average molecular weight is 517 g/mol. The fourth-order valence-corrected chi connectivity index (χ4v) is 5.09. The van der Waals surface area contributed by atoms with Gasteiger partial charge in [-0.25, -0.2) is 4.98 Å². The number of pyridine rings is 1. The highest BCUT2D eigenvalue weighted by Crippen LogP contribution is 2.39. The zero-order valence-electron chi connectivity index (χ0n) is 20.4. The highest BCUT2D eigenvalue weighted by atomic mass is 32.2. The van der Waals surface area contributed by atoms with Crippen LogP contribution in [0.25, 0.3) is 0 Å². The lowest BCUT2D eigenvalue weighted by Gasteiger charge is -2.36. The standard InChI is InChI=1S/C28H28N4O4S/c1-32-13-12-30-28(32)37-18-24-15-25(20-9-7-19(17-33)8-10-20)36-27(35-24)21-4-2-6-23(14-21)31-26(34)22-5-3-11-29-16-22/h2-14,16,24-25,27,33H,15,17-18H2,1H3,(H,31,34)/t24-,25+,27+/m0/s1. The average Bonchev–Trinajstić information content (AvgIpc) is 3.37. The van der Waals surface area contributed by atoms with E-state index in [-0.39, 0.29) is 24.7 Å². The van der Waals surface area contributed by atoms with Crippen LogP contribution in [0.5, 0.6) is 0 Å². The molecule has 0 bridgehead atoms. The lowest BCUT2D eigenvalue weighted by molar-refractivity contribution is -0.245. The van der Waals surface area contributed by atoms with Crippen LogP contribution in [0.15, 0.2) is 90.6 Å². The maximum absolute atomic E-state index is 12.6. The summed E-state index contributed by atoms with van der Waals surface area (Å²) in [6.45, 7) is -0.00196. The quantitative estimate of drug-likeness (QED) is 0.322. The summed E-state index contributed by atoms with van der Waals surface area (Å²) in [7, 11) is 1.97. The van der Waals surface area contributed by atoms with Crippen LogP contribution in [-0.2, 0) is 23.1 Å². The first kappa shape index (κ1) is 25.2. The molecule has 2 N–H and O–H groups in total. The number of aryl methyl sites for hydroxylation is 1. The number of ether oxygens (including phenoxy) is 2. The van der Waals surface area contributed by atoms with Crippen LogP contribution in [0.1, 0.15) is 45.9 Å². The topological polar surface area (TPSA) is 98.5 Å². The molecule has 0 aliphatic carbocycles. The summed E-state index contributed by atoms with van der Waals surface area (Å²) < 4.78 is 14.8. The van der Waals surface area contributed by atoms with Crippen molar-refractivity contribution < 1.29 is 19.4 Å². The van der Waals surface area contributed by atoms with Gasteiger partial charge in [0.05, 0.1) is 24.4 Å². The molecule has 0 saturated carbocycles. The van der Waals surface area contributed by atoms with Crippen LogP contribution in [0.2, 0.25) is 0 Å². The van der Waals surface area contributed by atoms with Gasteiger partial charge in [-0.1, -0.05) is 48.2 Å². The Kier molecular flexibility index (Phi) is 7.96. The summed E-state index contributed by atoms with van der Waals surface area (Å²) in [6, 6.07) is 18.8. The lowest BCUT2D eigenvalue weighted by atomic mass is 10.0. The lowest BCUT2D eigenvalue weighted by Crippen LogP contribution is -2.31. The van der Waals surface area contributed by atoms with Gasteiger partial charge in [0.2, 0.25) is 0 Å². The fourth-order valence-electron chi connectivity index (χ4n) is 4.14. The van der Waals surface area contributed by atoms with Crippen molar-refractivity contribution in [2.75, 3.05) is 11.1 Å². The number of thioether (sulfide) groups is 1. The molecule has 3 heterocycles. The van der Waals surface area contributed by atoms with Gasteiger partial charge >= 0.3 is 0 Å². The van der Waals surface area contributed by atoms with Crippen LogP contribution in [0, 0.1) is 0 Å². The summed E-state index contributed by atoms with van der Waals surface area (Å²) in [4.78, 5) is 21.0. The zero-order chi connectivity index (χ0) is 25.6. The van der Waals surface area contributed by atoms with Crippen molar-refractivity contribution in [3.8, 4) is 0 Å². The molecule has 1 amide bonds. The predicted octanol–water partition coefficient (Wildman–Crippen LogP) is 4.90. The summed E-state index contributed by atoms with van der Waals surface area (Å²) >= 11 is 1.65. The number of amides is 1. The van der Waals surface area contributed by atoms with E-state index in [0.717, 1.165) is 21.8 Å². The van der Waals surface area contributed by atoms with E-state index in [1.807, 2.05) is 66.3 Å². The number of aromatic nitrogens is 3. The first-order valence-electron chi connectivity index (χ1n) is 12.0. The van der Waals surface area contributed by atoms with E-state index in [0.29, 0.717) is 23.4 Å². The Morgan fingerprint density at radius 1 is 1.11 bits per heavy atom. The third-order valence-electron chi connectivity index (χ3n) is 6.13. The molecule has 0 radical (unpaired) electrons. The second kappa shape index (κ2) is 11.7. The monoisotopic (exact) mass is 516 g/mol. The van der Waals surface area contributed by atoms with Gasteiger partial charge in [0.1, 0.15) is 0 Å². The predicted molar refractivity (Wildman–Crippen MR) is 141 cm³/mol. The highest BCUT2D eigenvalue weighted by Gasteiger charge is 2.32. The number of rotatable bonds is 8. The minimum Gasteiger partial charge on any atom is -0.392 e. The number of hydrogen-bond acceptors (Lipinski definition) is 7. The normalized spacial score (nSPS) is 19.5. The van der Waals surface area contributed by atoms with Crippen LogP contribution in [-0.4, -0.2) is 37.4 Å². The molecule has 1 fully saturated rings. The number of anilines is 1. The first-order valence-corrected chi connectivity index (χ1v) is 13.0. The van der Waals surface area contributed by atoms with Gasteiger partial charge < -0.3 is 24.5 Å². The molecule has 9 heteroatoms. The van der Waals surface area contributed by atoms with E-state index in [9.17, 15) is 9.90 Å². The van der Waals surface area contributed by atoms with Gasteiger partial charge in [-0.2, -0.15) is 0 Å². The van der Waals surface area contributed by atoms with Gasteiger partial charge in [0, 0.05) is 55.3 Å². The Morgan fingerprint density at radius 2 is 1.97 bits per heavy atom. The van der Waals surface area contributed by atoms with Crippen LogP contribution in [0.4, 0.5) is 5.69 Å². The maximum atomic E-state index is 12.6. The maximum Gasteiger partial charge on any atom is 0.257 e. The van der Waals surface area contributed by atoms with Crippen LogP contribution >= 0.6 is 11.8 Å². The molecule has 0 unspecified atom stereocenters. The molecule has 1 aliphatic heterocycles. The van der Waals surface area contributed by atoms with E-state index in [1.54, 1.807) is 36.3 Å². The molecule has 3 atom stereocenters. The molecule has 2 aromatic carbocycles. The van der Waals surface area contributed by atoms with E-state index < -0.39 is 6.29 Å². The number of nitrogens with one attached hydrogen (secondary N) is 1. The van der Waals surface area contributed by atoms with Crippen molar-refractivity contribution in [2.24, 2.45) is 7.05 Å². The van der Waals surface area contributed by atoms with Crippen molar-refractivity contribution in [3.63, 3.8) is 0 Å². The third kappa shape index (κ3) is 6.26. The van der Waals surface area contributed by atoms with E-state index in [1.165, 1.54) is 6.20 Å². The minimum atomic E-state index is -0.613. The van der Waals surface area contributed by atoms with E-state index >= 15 is 0 Å². The number of imidazole rings is 1.